The van der Waals surface area contributed by atoms with E-state index in [0.29, 0.717) is 22.4 Å². The Hall–Kier alpha value is -4.27. The Kier molecular flexibility index (Phi) is 5.80. The molecule has 0 unspecified atom stereocenters. The summed E-state index contributed by atoms with van der Waals surface area (Å²) in [5.41, 5.74) is -0.565. The first kappa shape index (κ1) is 21.0. The Morgan fingerprint density at radius 1 is 1.03 bits per heavy atom. The normalized spacial score (nSPS) is 10.8. The number of furan rings is 1. The fourth-order valence-electron chi connectivity index (χ4n) is 3.45. The van der Waals surface area contributed by atoms with E-state index >= 15 is 0 Å². The second kappa shape index (κ2) is 8.84. The summed E-state index contributed by atoms with van der Waals surface area (Å²) in [5.74, 6) is 0.980. The highest BCUT2D eigenvalue weighted by atomic mass is 16.5. The minimum atomic E-state index is -0.662. The second-order valence-electron chi connectivity index (χ2n) is 6.92. The van der Waals surface area contributed by atoms with Crippen molar-refractivity contribution in [3.63, 3.8) is 0 Å². The molecule has 0 atom stereocenters. The fourth-order valence-corrected chi connectivity index (χ4v) is 3.45. The summed E-state index contributed by atoms with van der Waals surface area (Å²) in [5, 5.41) is 3.01. The smallest absolute Gasteiger partial charge is 0.336 e. The van der Waals surface area contributed by atoms with Gasteiger partial charge in [-0.1, -0.05) is 12.1 Å². The first-order chi connectivity index (χ1) is 15.5. The van der Waals surface area contributed by atoms with Crippen molar-refractivity contribution in [3.8, 4) is 17.2 Å². The van der Waals surface area contributed by atoms with E-state index in [0.717, 1.165) is 4.57 Å². The van der Waals surface area contributed by atoms with Crippen LogP contribution in [0.15, 0.2) is 74.9 Å². The van der Waals surface area contributed by atoms with E-state index < -0.39 is 17.2 Å². The number of aromatic nitrogens is 2. The van der Waals surface area contributed by atoms with Crippen LogP contribution in [0.25, 0.3) is 16.6 Å². The number of methoxy groups -OCH3 is 2. The molecular formula is C23H21N3O6. The van der Waals surface area contributed by atoms with Gasteiger partial charge in [-0.15, -0.1) is 0 Å². The van der Waals surface area contributed by atoms with Gasteiger partial charge in [-0.05, 0) is 36.4 Å². The van der Waals surface area contributed by atoms with Crippen LogP contribution in [0.3, 0.4) is 0 Å². The highest BCUT2D eigenvalue weighted by Gasteiger charge is 2.19. The number of hydrogen-bond donors (Lipinski definition) is 1. The van der Waals surface area contributed by atoms with E-state index in [9.17, 15) is 14.4 Å². The molecule has 0 radical (unpaired) electrons. The highest BCUT2D eigenvalue weighted by molar-refractivity contribution is 5.82. The second-order valence-corrected chi connectivity index (χ2v) is 6.92. The molecule has 9 heteroatoms. The van der Waals surface area contributed by atoms with Gasteiger partial charge in [0.15, 0.2) is 0 Å². The number of rotatable bonds is 7. The molecule has 1 N–H and O–H groups in total. The summed E-state index contributed by atoms with van der Waals surface area (Å²) < 4.78 is 18.1. The first-order valence-corrected chi connectivity index (χ1v) is 9.79. The molecule has 4 rings (SSSR count). The van der Waals surface area contributed by atoms with Crippen molar-refractivity contribution in [2.75, 3.05) is 14.2 Å². The summed E-state index contributed by atoms with van der Waals surface area (Å²) in [6, 6.07) is 14.9. The third kappa shape index (κ3) is 3.87. The van der Waals surface area contributed by atoms with E-state index in [2.05, 4.69) is 5.32 Å². The zero-order chi connectivity index (χ0) is 22.7. The number of amides is 1. The lowest BCUT2D eigenvalue weighted by Gasteiger charge is -2.16. The van der Waals surface area contributed by atoms with Gasteiger partial charge >= 0.3 is 5.69 Å². The molecule has 0 fully saturated rings. The molecule has 0 spiro atoms. The monoisotopic (exact) mass is 435 g/mol. The Morgan fingerprint density at radius 3 is 2.56 bits per heavy atom. The third-order valence-electron chi connectivity index (χ3n) is 5.02. The standard InChI is InChI=1S/C23H21N3O6/c1-30-15-9-10-19(20(12-15)31-2)26-22(28)17-7-3-4-8-18(17)25(23(26)29)14-21(27)24-13-16-6-5-11-32-16/h3-12H,13-14H2,1-2H3,(H,24,27). The maximum atomic E-state index is 13.4. The molecule has 1 amide bonds. The maximum absolute atomic E-state index is 13.4. The molecule has 0 aliphatic carbocycles. The first-order valence-electron chi connectivity index (χ1n) is 9.79. The molecule has 0 saturated heterocycles. The van der Waals surface area contributed by atoms with Crippen LogP contribution in [0.5, 0.6) is 11.5 Å². The van der Waals surface area contributed by atoms with Gasteiger partial charge in [-0.25, -0.2) is 9.36 Å². The van der Waals surface area contributed by atoms with E-state index in [1.807, 2.05) is 0 Å². The average molecular weight is 435 g/mol. The average Bonchev–Trinajstić information content (AvgIpc) is 3.34. The molecular weight excluding hydrogens is 414 g/mol. The molecule has 4 aromatic rings. The van der Waals surface area contributed by atoms with Crippen LogP contribution in [0, 0.1) is 0 Å². The lowest BCUT2D eigenvalue weighted by molar-refractivity contribution is -0.121. The van der Waals surface area contributed by atoms with E-state index in [-0.39, 0.29) is 24.5 Å². The summed E-state index contributed by atoms with van der Waals surface area (Å²) in [7, 11) is 2.94. The van der Waals surface area contributed by atoms with E-state index in [1.54, 1.807) is 54.6 Å². The molecule has 2 aromatic heterocycles. The topological polar surface area (TPSA) is 105 Å². The largest absolute Gasteiger partial charge is 0.497 e. The molecule has 2 heterocycles. The highest BCUT2D eigenvalue weighted by Crippen LogP contribution is 2.26. The van der Waals surface area contributed by atoms with Gasteiger partial charge in [0.1, 0.15) is 23.8 Å². The predicted octanol–water partition coefficient (Wildman–Crippen LogP) is 2.08. The number of para-hydroxylation sites is 1. The van der Waals surface area contributed by atoms with Crippen LogP contribution in [0.4, 0.5) is 0 Å². The van der Waals surface area contributed by atoms with Crippen molar-refractivity contribution in [1.29, 1.82) is 0 Å². The van der Waals surface area contributed by atoms with Crippen molar-refractivity contribution in [1.82, 2.24) is 14.5 Å². The Morgan fingerprint density at radius 2 is 1.84 bits per heavy atom. The Balaban J connectivity index is 1.83. The van der Waals surface area contributed by atoms with Gasteiger partial charge in [0.25, 0.3) is 5.56 Å². The lowest BCUT2D eigenvalue weighted by atomic mass is 10.2. The summed E-state index contributed by atoms with van der Waals surface area (Å²) in [6.07, 6.45) is 1.51. The molecule has 0 saturated carbocycles. The number of carbonyl (C=O) groups excluding carboxylic acids is 1. The number of hydrogen-bond acceptors (Lipinski definition) is 6. The molecule has 164 valence electrons. The minimum absolute atomic E-state index is 0.185. The minimum Gasteiger partial charge on any atom is -0.497 e. The molecule has 0 aliphatic rings. The van der Waals surface area contributed by atoms with Crippen LogP contribution in [0.1, 0.15) is 5.76 Å². The number of nitrogens with zero attached hydrogens (tertiary/aromatic N) is 2. The van der Waals surface area contributed by atoms with Crippen LogP contribution < -0.4 is 26.0 Å². The van der Waals surface area contributed by atoms with Gasteiger partial charge in [-0.3, -0.25) is 14.2 Å². The number of carbonyl (C=O) groups is 1. The third-order valence-corrected chi connectivity index (χ3v) is 5.02. The molecule has 9 nitrogen and oxygen atoms in total. The number of ether oxygens (including phenoxy) is 2. The van der Waals surface area contributed by atoms with E-state index in [1.165, 1.54) is 25.0 Å². The maximum Gasteiger partial charge on any atom is 0.336 e. The Labute approximate surface area is 182 Å². The predicted molar refractivity (Wildman–Crippen MR) is 117 cm³/mol. The van der Waals surface area contributed by atoms with Gasteiger partial charge in [0, 0.05) is 6.07 Å². The van der Waals surface area contributed by atoms with Crippen molar-refractivity contribution in [2.24, 2.45) is 0 Å². The Bertz CT molecular complexity index is 1390. The molecule has 2 aromatic carbocycles. The van der Waals surface area contributed by atoms with Gasteiger partial charge in [-0.2, -0.15) is 0 Å². The zero-order valence-electron chi connectivity index (χ0n) is 17.5. The zero-order valence-corrected chi connectivity index (χ0v) is 17.5. The summed E-state index contributed by atoms with van der Waals surface area (Å²) in [6.45, 7) is -0.0940. The van der Waals surface area contributed by atoms with Gasteiger partial charge in [0.2, 0.25) is 5.91 Å². The molecule has 32 heavy (non-hydrogen) atoms. The van der Waals surface area contributed by atoms with Crippen molar-refractivity contribution in [3.05, 3.63) is 87.5 Å². The summed E-state index contributed by atoms with van der Waals surface area (Å²) >= 11 is 0. The van der Waals surface area contributed by atoms with Crippen LogP contribution >= 0.6 is 0 Å². The number of fused-ring (bicyclic) bond motifs is 1. The quantitative estimate of drug-likeness (QED) is 0.477. The lowest BCUT2D eigenvalue weighted by Crippen LogP contribution is -2.41. The van der Waals surface area contributed by atoms with E-state index in [4.69, 9.17) is 13.9 Å². The summed E-state index contributed by atoms with van der Waals surface area (Å²) in [4.78, 5) is 39.3. The number of nitrogens with one attached hydrogen (secondary N) is 1. The van der Waals surface area contributed by atoms with Gasteiger partial charge in [0.05, 0.1) is 43.6 Å². The van der Waals surface area contributed by atoms with Crippen LogP contribution in [0.2, 0.25) is 0 Å². The van der Waals surface area contributed by atoms with Crippen molar-refractivity contribution in [2.45, 2.75) is 13.1 Å². The van der Waals surface area contributed by atoms with Crippen LogP contribution in [-0.2, 0) is 17.9 Å². The van der Waals surface area contributed by atoms with Crippen molar-refractivity contribution >= 4 is 16.8 Å². The van der Waals surface area contributed by atoms with Crippen LogP contribution in [-0.4, -0.2) is 29.3 Å². The number of benzene rings is 2. The molecule has 0 aliphatic heterocycles. The SMILES string of the molecule is COc1ccc(-n2c(=O)c3ccccc3n(CC(=O)NCc3ccco3)c2=O)c(OC)c1. The van der Waals surface area contributed by atoms with Gasteiger partial charge < -0.3 is 19.2 Å². The molecule has 0 bridgehead atoms. The fraction of sp³-hybridized carbons (Fsp3) is 0.174. The van der Waals surface area contributed by atoms with Crippen molar-refractivity contribution < 1.29 is 18.7 Å².